The normalized spacial score (nSPS) is 14.9. The standard InChI is InChI=1S/C20H20ClFN2O2/c1-14-4-2-5-15(12-14)19(25)23-8-3-9-24(11-10-23)20(26)17-7-6-16(21)13-18(17)22/h2,4-7,12-13H,3,8-11H2,1H3. The zero-order valence-corrected chi connectivity index (χ0v) is 15.3. The Morgan fingerprint density at radius 3 is 2.31 bits per heavy atom. The highest BCUT2D eigenvalue weighted by molar-refractivity contribution is 6.30. The molecule has 136 valence electrons. The van der Waals surface area contributed by atoms with Crippen molar-refractivity contribution in [2.75, 3.05) is 26.2 Å². The van der Waals surface area contributed by atoms with Gasteiger partial charge in [-0.25, -0.2) is 4.39 Å². The number of aryl methyl sites for hydroxylation is 1. The predicted molar refractivity (Wildman–Crippen MR) is 99.0 cm³/mol. The largest absolute Gasteiger partial charge is 0.337 e. The number of halogens is 2. The summed E-state index contributed by atoms with van der Waals surface area (Å²) in [6, 6.07) is 11.5. The molecule has 0 aromatic heterocycles. The summed E-state index contributed by atoms with van der Waals surface area (Å²) in [6.07, 6.45) is 0.651. The number of hydrogen-bond donors (Lipinski definition) is 0. The molecule has 26 heavy (non-hydrogen) atoms. The van der Waals surface area contributed by atoms with Crippen LogP contribution in [0.2, 0.25) is 5.02 Å². The molecule has 0 aliphatic carbocycles. The lowest BCUT2D eigenvalue weighted by atomic mass is 10.1. The average molecular weight is 375 g/mol. The van der Waals surface area contributed by atoms with Crippen molar-refractivity contribution in [2.24, 2.45) is 0 Å². The molecule has 0 atom stereocenters. The van der Waals surface area contributed by atoms with Gasteiger partial charge in [-0.05, 0) is 43.7 Å². The van der Waals surface area contributed by atoms with E-state index >= 15 is 0 Å². The first-order chi connectivity index (χ1) is 12.5. The van der Waals surface area contributed by atoms with Crippen molar-refractivity contribution in [1.82, 2.24) is 9.80 Å². The van der Waals surface area contributed by atoms with Crippen molar-refractivity contribution < 1.29 is 14.0 Å². The van der Waals surface area contributed by atoms with Crippen LogP contribution in [0.4, 0.5) is 4.39 Å². The van der Waals surface area contributed by atoms with Gasteiger partial charge in [0.25, 0.3) is 11.8 Å². The van der Waals surface area contributed by atoms with Gasteiger partial charge >= 0.3 is 0 Å². The Morgan fingerprint density at radius 1 is 0.962 bits per heavy atom. The summed E-state index contributed by atoms with van der Waals surface area (Å²) in [5, 5.41) is 0.254. The molecule has 1 aliphatic rings. The highest BCUT2D eigenvalue weighted by atomic mass is 35.5. The molecule has 6 heteroatoms. The molecule has 0 saturated carbocycles. The highest BCUT2D eigenvalue weighted by Gasteiger charge is 2.25. The summed E-state index contributed by atoms with van der Waals surface area (Å²) >= 11 is 5.75. The van der Waals surface area contributed by atoms with Crippen molar-refractivity contribution >= 4 is 23.4 Å². The van der Waals surface area contributed by atoms with Gasteiger partial charge < -0.3 is 9.80 Å². The summed E-state index contributed by atoms with van der Waals surface area (Å²) in [6.45, 7) is 3.80. The van der Waals surface area contributed by atoms with Gasteiger partial charge in [0, 0.05) is 36.8 Å². The topological polar surface area (TPSA) is 40.6 Å². The van der Waals surface area contributed by atoms with E-state index in [0.717, 1.165) is 11.6 Å². The van der Waals surface area contributed by atoms with Crippen molar-refractivity contribution in [2.45, 2.75) is 13.3 Å². The second kappa shape index (κ2) is 7.87. The highest BCUT2D eigenvalue weighted by Crippen LogP contribution is 2.18. The van der Waals surface area contributed by atoms with Crippen molar-refractivity contribution in [3.63, 3.8) is 0 Å². The molecule has 0 radical (unpaired) electrons. The Bertz CT molecular complexity index is 840. The van der Waals surface area contributed by atoms with Crippen LogP contribution in [0.5, 0.6) is 0 Å². The van der Waals surface area contributed by atoms with Crippen LogP contribution in [0.3, 0.4) is 0 Å². The van der Waals surface area contributed by atoms with E-state index in [-0.39, 0.29) is 22.4 Å². The minimum absolute atomic E-state index is 0.00728. The molecule has 2 amide bonds. The number of amides is 2. The first-order valence-electron chi connectivity index (χ1n) is 8.56. The Morgan fingerprint density at radius 2 is 1.65 bits per heavy atom. The van der Waals surface area contributed by atoms with Crippen molar-refractivity contribution in [3.05, 3.63) is 70.0 Å². The lowest BCUT2D eigenvalue weighted by Gasteiger charge is -2.22. The van der Waals surface area contributed by atoms with Gasteiger partial charge in [-0.1, -0.05) is 29.3 Å². The number of benzene rings is 2. The van der Waals surface area contributed by atoms with Gasteiger partial charge in [-0.3, -0.25) is 9.59 Å². The predicted octanol–water partition coefficient (Wildman–Crippen LogP) is 3.78. The third-order valence-electron chi connectivity index (χ3n) is 4.50. The maximum absolute atomic E-state index is 14.0. The molecule has 0 bridgehead atoms. The molecule has 1 fully saturated rings. The molecule has 2 aromatic rings. The SMILES string of the molecule is Cc1cccc(C(=O)N2CCCN(C(=O)c3ccc(Cl)cc3F)CC2)c1. The van der Waals surface area contributed by atoms with E-state index in [2.05, 4.69) is 0 Å². The van der Waals surface area contributed by atoms with Crippen LogP contribution in [0.1, 0.15) is 32.7 Å². The summed E-state index contributed by atoms with van der Waals surface area (Å²) in [7, 11) is 0. The summed E-state index contributed by atoms with van der Waals surface area (Å²) < 4.78 is 14.0. The van der Waals surface area contributed by atoms with Crippen LogP contribution < -0.4 is 0 Å². The van der Waals surface area contributed by atoms with E-state index in [1.165, 1.54) is 12.1 Å². The molecule has 0 spiro atoms. The molecule has 0 unspecified atom stereocenters. The monoisotopic (exact) mass is 374 g/mol. The zero-order valence-electron chi connectivity index (χ0n) is 14.5. The van der Waals surface area contributed by atoms with Gasteiger partial charge in [0.2, 0.25) is 0 Å². The Kier molecular flexibility index (Phi) is 5.57. The maximum atomic E-state index is 14.0. The molecular weight excluding hydrogens is 355 g/mol. The summed E-state index contributed by atoms with van der Waals surface area (Å²) in [5.74, 6) is -1.04. The first-order valence-corrected chi connectivity index (χ1v) is 8.94. The van der Waals surface area contributed by atoms with Gasteiger partial charge in [0.1, 0.15) is 5.82 Å². The van der Waals surface area contributed by atoms with Gasteiger partial charge in [0.05, 0.1) is 5.56 Å². The lowest BCUT2D eigenvalue weighted by Crippen LogP contribution is -2.37. The first kappa shape index (κ1) is 18.4. The minimum Gasteiger partial charge on any atom is -0.337 e. The van der Waals surface area contributed by atoms with Crippen molar-refractivity contribution in [3.8, 4) is 0 Å². The zero-order chi connectivity index (χ0) is 18.7. The number of carbonyl (C=O) groups is 2. The number of nitrogens with zero attached hydrogens (tertiary/aromatic N) is 2. The molecular formula is C20H20ClFN2O2. The molecule has 1 aliphatic heterocycles. The van der Waals surface area contributed by atoms with Gasteiger partial charge in [0.15, 0.2) is 0 Å². The van der Waals surface area contributed by atoms with Crippen LogP contribution in [-0.4, -0.2) is 47.8 Å². The van der Waals surface area contributed by atoms with Crippen LogP contribution in [0.15, 0.2) is 42.5 Å². The molecule has 1 heterocycles. The number of hydrogen-bond acceptors (Lipinski definition) is 2. The van der Waals surface area contributed by atoms with E-state index in [0.29, 0.717) is 38.2 Å². The smallest absolute Gasteiger partial charge is 0.256 e. The Hall–Kier alpha value is -2.40. The second-order valence-corrected chi connectivity index (χ2v) is 6.87. The van der Waals surface area contributed by atoms with E-state index in [9.17, 15) is 14.0 Å². The second-order valence-electron chi connectivity index (χ2n) is 6.43. The fourth-order valence-electron chi connectivity index (χ4n) is 3.12. The van der Waals surface area contributed by atoms with E-state index < -0.39 is 5.82 Å². The number of carbonyl (C=O) groups excluding carboxylic acids is 2. The minimum atomic E-state index is -0.626. The fraction of sp³-hybridized carbons (Fsp3) is 0.300. The quantitative estimate of drug-likeness (QED) is 0.802. The Labute approximate surface area is 157 Å². The van der Waals surface area contributed by atoms with Crippen LogP contribution in [0.25, 0.3) is 0 Å². The van der Waals surface area contributed by atoms with E-state index in [1.54, 1.807) is 15.9 Å². The van der Waals surface area contributed by atoms with Gasteiger partial charge in [-0.2, -0.15) is 0 Å². The van der Waals surface area contributed by atoms with Crippen LogP contribution in [-0.2, 0) is 0 Å². The maximum Gasteiger partial charge on any atom is 0.256 e. The van der Waals surface area contributed by atoms with Crippen LogP contribution >= 0.6 is 11.6 Å². The molecule has 2 aromatic carbocycles. The third-order valence-corrected chi connectivity index (χ3v) is 4.73. The van der Waals surface area contributed by atoms with E-state index in [4.69, 9.17) is 11.6 Å². The van der Waals surface area contributed by atoms with Crippen molar-refractivity contribution in [1.29, 1.82) is 0 Å². The van der Waals surface area contributed by atoms with Gasteiger partial charge in [-0.15, -0.1) is 0 Å². The molecule has 0 N–H and O–H groups in total. The third kappa shape index (κ3) is 4.05. The lowest BCUT2D eigenvalue weighted by molar-refractivity contribution is 0.0716. The Balaban J connectivity index is 1.70. The molecule has 4 nitrogen and oxygen atoms in total. The average Bonchev–Trinajstić information content (AvgIpc) is 2.87. The van der Waals surface area contributed by atoms with Crippen LogP contribution in [0, 0.1) is 12.7 Å². The molecule has 1 saturated heterocycles. The summed E-state index contributed by atoms with van der Waals surface area (Å²) in [5.41, 5.74) is 1.68. The van der Waals surface area contributed by atoms with E-state index in [1.807, 2.05) is 25.1 Å². The molecule has 3 rings (SSSR count). The summed E-state index contributed by atoms with van der Waals surface area (Å²) in [4.78, 5) is 28.6. The number of rotatable bonds is 2. The fourth-order valence-corrected chi connectivity index (χ4v) is 3.28.